The lowest BCUT2D eigenvalue weighted by Gasteiger charge is -2.04. The molecule has 24 heavy (non-hydrogen) atoms. The van der Waals surface area contributed by atoms with Gasteiger partial charge in [-0.1, -0.05) is 48.0 Å². The van der Waals surface area contributed by atoms with Crippen LogP contribution in [0.4, 0.5) is 11.4 Å². The Kier molecular flexibility index (Phi) is 4.47. The summed E-state index contributed by atoms with van der Waals surface area (Å²) in [5, 5.41) is 18.3. The number of azo groups is 1. The van der Waals surface area contributed by atoms with Crippen LogP contribution < -0.4 is 0 Å². The summed E-state index contributed by atoms with van der Waals surface area (Å²) in [6.45, 7) is 2.00. The first-order chi connectivity index (χ1) is 11.6. The number of hydrogen-bond donors (Lipinski definition) is 1. The maximum absolute atomic E-state index is 12.5. The first-order valence-electron chi connectivity index (χ1n) is 7.55. The normalized spacial score (nSPS) is 10.9. The van der Waals surface area contributed by atoms with Crippen LogP contribution in [-0.4, -0.2) is 10.9 Å². The maximum Gasteiger partial charge on any atom is 0.196 e. The van der Waals surface area contributed by atoms with E-state index in [2.05, 4.69) is 10.2 Å². The van der Waals surface area contributed by atoms with Gasteiger partial charge in [0.2, 0.25) is 0 Å². The van der Waals surface area contributed by atoms with E-state index in [-0.39, 0.29) is 17.1 Å². The average Bonchev–Trinajstić information content (AvgIpc) is 2.62. The number of phenolic OH excluding ortho intramolecular Hbond substituents is 1. The van der Waals surface area contributed by atoms with Crippen molar-refractivity contribution in [2.45, 2.75) is 6.92 Å². The van der Waals surface area contributed by atoms with Crippen molar-refractivity contribution in [2.75, 3.05) is 0 Å². The van der Waals surface area contributed by atoms with E-state index in [4.69, 9.17) is 0 Å². The first-order valence-corrected chi connectivity index (χ1v) is 7.55. The molecule has 0 radical (unpaired) electrons. The Morgan fingerprint density at radius 2 is 1.46 bits per heavy atom. The smallest absolute Gasteiger partial charge is 0.196 e. The van der Waals surface area contributed by atoms with Gasteiger partial charge in [-0.15, -0.1) is 0 Å². The van der Waals surface area contributed by atoms with Crippen LogP contribution in [0.3, 0.4) is 0 Å². The van der Waals surface area contributed by atoms with E-state index >= 15 is 0 Å². The summed E-state index contributed by atoms with van der Waals surface area (Å²) in [5.74, 6) is -0.321. The zero-order chi connectivity index (χ0) is 16.9. The number of carbonyl (C=O) groups excluding carboxylic acids is 1. The van der Waals surface area contributed by atoms with Crippen molar-refractivity contribution in [3.05, 3.63) is 89.5 Å². The highest BCUT2D eigenvalue weighted by molar-refractivity contribution is 6.11. The van der Waals surface area contributed by atoms with E-state index in [0.717, 1.165) is 11.3 Å². The van der Waals surface area contributed by atoms with Crippen LogP contribution in [0, 0.1) is 6.92 Å². The zero-order valence-corrected chi connectivity index (χ0v) is 13.2. The highest BCUT2D eigenvalue weighted by atomic mass is 16.3. The van der Waals surface area contributed by atoms with Crippen LogP contribution >= 0.6 is 0 Å². The molecule has 0 aliphatic heterocycles. The third-order valence-electron chi connectivity index (χ3n) is 3.58. The van der Waals surface area contributed by atoms with Crippen molar-refractivity contribution in [2.24, 2.45) is 10.2 Å². The van der Waals surface area contributed by atoms with Crippen molar-refractivity contribution >= 4 is 17.2 Å². The molecule has 118 valence electrons. The van der Waals surface area contributed by atoms with Crippen molar-refractivity contribution in [3.63, 3.8) is 0 Å². The minimum absolute atomic E-state index is 0.0712. The second kappa shape index (κ2) is 6.87. The van der Waals surface area contributed by atoms with Gasteiger partial charge in [-0.25, -0.2) is 0 Å². The summed E-state index contributed by atoms with van der Waals surface area (Å²) in [5.41, 5.74) is 3.11. The lowest BCUT2D eigenvalue weighted by atomic mass is 10.0. The number of phenols is 1. The first kappa shape index (κ1) is 15.6. The Hall–Kier alpha value is -3.27. The number of rotatable bonds is 4. The van der Waals surface area contributed by atoms with E-state index in [1.807, 2.05) is 37.3 Å². The lowest BCUT2D eigenvalue weighted by Crippen LogP contribution is -2.01. The fourth-order valence-electron chi connectivity index (χ4n) is 2.24. The van der Waals surface area contributed by atoms with Crippen LogP contribution in [0.5, 0.6) is 5.75 Å². The van der Waals surface area contributed by atoms with Gasteiger partial charge in [0.1, 0.15) is 5.75 Å². The number of ketones is 1. The topological polar surface area (TPSA) is 62.0 Å². The number of aryl methyl sites for hydroxylation is 1. The van der Waals surface area contributed by atoms with Gasteiger partial charge < -0.3 is 5.11 Å². The van der Waals surface area contributed by atoms with Gasteiger partial charge in [0.05, 0.1) is 16.9 Å². The van der Waals surface area contributed by atoms with Crippen LogP contribution in [0.1, 0.15) is 21.5 Å². The van der Waals surface area contributed by atoms with Gasteiger partial charge in [0, 0.05) is 5.56 Å². The molecule has 0 saturated heterocycles. The minimum atomic E-state index is -0.250. The Bertz CT molecular complexity index is 885. The standard InChI is InChI=1S/C20H16N2O2/c1-14-7-9-16(10-8-14)21-22-17-11-12-19(23)18(13-17)20(24)15-5-3-2-4-6-15/h2-13,23H,1H3. The molecule has 0 heterocycles. The summed E-state index contributed by atoms with van der Waals surface area (Å²) in [4.78, 5) is 12.5. The van der Waals surface area contributed by atoms with E-state index in [1.165, 1.54) is 6.07 Å². The molecule has 1 N–H and O–H groups in total. The predicted molar refractivity (Wildman–Crippen MR) is 93.3 cm³/mol. The SMILES string of the molecule is Cc1ccc(N=Nc2ccc(O)c(C(=O)c3ccccc3)c2)cc1. The van der Waals surface area contributed by atoms with E-state index < -0.39 is 0 Å². The minimum Gasteiger partial charge on any atom is -0.507 e. The predicted octanol–water partition coefficient (Wildman–Crippen LogP) is 5.35. The largest absolute Gasteiger partial charge is 0.507 e. The molecule has 3 aromatic rings. The molecule has 4 heteroatoms. The summed E-state index contributed by atoms with van der Waals surface area (Å²) < 4.78 is 0. The fraction of sp³-hybridized carbons (Fsp3) is 0.0500. The van der Waals surface area contributed by atoms with Gasteiger partial charge in [-0.3, -0.25) is 4.79 Å². The van der Waals surface area contributed by atoms with Crippen LogP contribution in [-0.2, 0) is 0 Å². The number of carbonyl (C=O) groups is 1. The molecule has 0 unspecified atom stereocenters. The second-order valence-corrected chi connectivity index (χ2v) is 5.43. The quantitative estimate of drug-likeness (QED) is 0.521. The summed E-state index contributed by atoms with van der Waals surface area (Å²) in [6, 6.07) is 21.1. The Morgan fingerprint density at radius 1 is 0.833 bits per heavy atom. The second-order valence-electron chi connectivity index (χ2n) is 5.43. The third-order valence-corrected chi connectivity index (χ3v) is 3.58. The van der Waals surface area contributed by atoms with Crippen molar-refractivity contribution in [3.8, 4) is 5.75 Å². The van der Waals surface area contributed by atoms with Crippen molar-refractivity contribution < 1.29 is 9.90 Å². The average molecular weight is 316 g/mol. The van der Waals surface area contributed by atoms with Crippen molar-refractivity contribution in [1.29, 1.82) is 0 Å². The van der Waals surface area contributed by atoms with Crippen LogP contribution in [0.2, 0.25) is 0 Å². The van der Waals surface area contributed by atoms with E-state index in [1.54, 1.807) is 36.4 Å². The monoisotopic (exact) mass is 316 g/mol. The molecule has 0 atom stereocenters. The molecular weight excluding hydrogens is 300 g/mol. The molecule has 0 bridgehead atoms. The van der Waals surface area contributed by atoms with E-state index in [9.17, 15) is 9.90 Å². The maximum atomic E-state index is 12.5. The molecule has 4 nitrogen and oxygen atoms in total. The van der Waals surface area contributed by atoms with Gasteiger partial charge in [0.25, 0.3) is 0 Å². The molecule has 0 aromatic heterocycles. The Morgan fingerprint density at radius 3 is 2.17 bits per heavy atom. The number of hydrogen-bond acceptors (Lipinski definition) is 4. The molecule has 0 saturated carbocycles. The zero-order valence-electron chi connectivity index (χ0n) is 13.2. The highest BCUT2D eigenvalue weighted by Crippen LogP contribution is 2.27. The number of nitrogens with zero attached hydrogens (tertiary/aromatic N) is 2. The highest BCUT2D eigenvalue weighted by Gasteiger charge is 2.14. The number of aromatic hydroxyl groups is 1. The van der Waals surface area contributed by atoms with Crippen LogP contribution in [0.25, 0.3) is 0 Å². The Balaban J connectivity index is 1.89. The van der Waals surface area contributed by atoms with Crippen LogP contribution in [0.15, 0.2) is 83.0 Å². The summed E-state index contributed by atoms with van der Waals surface area (Å²) >= 11 is 0. The van der Waals surface area contributed by atoms with Gasteiger partial charge in [-0.2, -0.15) is 10.2 Å². The Labute approximate surface area is 140 Å². The third kappa shape index (κ3) is 3.55. The fourth-order valence-corrected chi connectivity index (χ4v) is 2.24. The van der Waals surface area contributed by atoms with Gasteiger partial charge in [-0.05, 0) is 37.3 Å². The van der Waals surface area contributed by atoms with Gasteiger partial charge >= 0.3 is 0 Å². The molecule has 0 aliphatic carbocycles. The summed E-state index contributed by atoms with van der Waals surface area (Å²) in [7, 11) is 0. The molecule has 3 aromatic carbocycles. The van der Waals surface area contributed by atoms with Crippen molar-refractivity contribution in [1.82, 2.24) is 0 Å². The summed E-state index contributed by atoms with van der Waals surface area (Å²) in [6.07, 6.45) is 0. The molecule has 0 spiro atoms. The molecular formula is C20H16N2O2. The number of benzene rings is 3. The molecule has 0 amide bonds. The molecule has 0 fully saturated rings. The lowest BCUT2D eigenvalue weighted by molar-refractivity contribution is 0.103. The molecule has 0 aliphatic rings. The van der Waals surface area contributed by atoms with E-state index in [0.29, 0.717) is 11.3 Å². The van der Waals surface area contributed by atoms with Gasteiger partial charge in [0.15, 0.2) is 5.78 Å². The molecule has 3 rings (SSSR count).